The Hall–Kier alpha value is -1.89. The van der Waals surface area contributed by atoms with Crippen molar-refractivity contribution in [2.24, 2.45) is 0 Å². The lowest BCUT2D eigenvalue weighted by atomic mass is 10.2. The van der Waals surface area contributed by atoms with Gasteiger partial charge in [0.1, 0.15) is 0 Å². The van der Waals surface area contributed by atoms with Crippen molar-refractivity contribution in [3.8, 4) is 0 Å². The van der Waals surface area contributed by atoms with Gasteiger partial charge in [0.15, 0.2) is 0 Å². The molecule has 0 aliphatic rings. The summed E-state index contributed by atoms with van der Waals surface area (Å²) < 4.78 is 1.32. The van der Waals surface area contributed by atoms with Crippen molar-refractivity contribution in [2.45, 2.75) is 39.7 Å². The first kappa shape index (κ1) is 18.2. The van der Waals surface area contributed by atoms with Crippen LogP contribution in [-0.2, 0) is 11.3 Å². The van der Waals surface area contributed by atoms with Crippen LogP contribution >= 0.6 is 0 Å². The van der Waals surface area contributed by atoms with Crippen LogP contribution in [0.15, 0.2) is 21.9 Å². The van der Waals surface area contributed by atoms with Crippen molar-refractivity contribution < 1.29 is 4.79 Å². The second kappa shape index (κ2) is 9.94. The lowest BCUT2D eigenvalue weighted by Gasteiger charge is -2.17. The van der Waals surface area contributed by atoms with Crippen LogP contribution < -0.4 is 16.6 Å². The molecular weight excluding hydrogens is 284 g/mol. The number of hydrogen-bond donors (Lipinski definition) is 2. The van der Waals surface area contributed by atoms with Gasteiger partial charge in [0, 0.05) is 31.8 Å². The highest BCUT2D eigenvalue weighted by molar-refractivity contribution is 5.75. The largest absolute Gasteiger partial charge is 0.356 e. The van der Waals surface area contributed by atoms with E-state index in [0.29, 0.717) is 6.54 Å². The lowest BCUT2D eigenvalue weighted by Crippen LogP contribution is -2.31. The van der Waals surface area contributed by atoms with Crippen molar-refractivity contribution in [1.29, 1.82) is 0 Å². The van der Waals surface area contributed by atoms with Crippen LogP contribution in [0.2, 0.25) is 0 Å². The third-order valence-corrected chi connectivity index (χ3v) is 3.59. The molecule has 7 heteroatoms. The van der Waals surface area contributed by atoms with Crippen LogP contribution in [0.25, 0.3) is 0 Å². The molecular formula is C15H26N4O3. The number of aromatic nitrogens is 2. The second-order valence-electron chi connectivity index (χ2n) is 5.14. The maximum absolute atomic E-state index is 11.7. The first-order valence-corrected chi connectivity index (χ1v) is 7.85. The van der Waals surface area contributed by atoms with Crippen LogP contribution in [0.5, 0.6) is 0 Å². The highest BCUT2D eigenvalue weighted by Gasteiger charge is 2.03. The number of carbonyl (C=O) groups is 1. The third-order valence-electron chi connectivity index (χ3n) is 3.59. The van der Waals surface area contributed by atoms with E-state index in [-0.39, 0.29) is 18.9 Å². The van der Waals surface area contributed by atoms with E-state index in [9.17, 15) is 14.4 Å². The molecule has 124 valence electrons. The van der Waals surface area contributed by atoms with Crippen LogP contribution in [0.3, 0.4) is 0 Å². The molecule has 0 saturated carbocycles. The van der Waals surface area contributed by atoms with E-state index >= 15 is 0 Å². The molecule has 2 N–H and O–H groups in total. The monoisotopic (exact) mass is 310 g/mol. The van der Waals surface area contributed by atoms with Gasteiger partial charge in [-0.15, -0.1) is 0 Å². The molecule has 0 bridgehead atoms. The number of rotatable bonds is 10. The summed E-state index contributed by atoms with van der Waals surface area (Å²) in [7, 11) is 0. The van der Waals surface area contributed by atoms with E-state index in [2.05, 4.69) is 29.0 Å². The van der Waals surface area contributed by atoms with Gasteiger partial charge in [-0.2, -0.15) is 0 Å². The molecule has 0 aliphatic heterocycles. The predicted molar refractivity (Wildman–Crippen MR) is 86.0 cm³/mol. The van der Waals surface area contributed by atoms with Crippen LogP contribution in [0.1, 0.15) is 33.1 Å². The fourth-order valence-electron chi connectivity index (χ4n) is 2.16. The zero-order valence-corrected chi connectivity index (χ0v) is 13.4. The second-order valence-corrected chi connectivity index (χ2v) is 5.14. The maximum atomic E-state index is 11.7. The Bertz CT molecular complexity index is 560. The maximum Gasteiger partial charge on any atom is 0.328 e. The Balaban J connectivity index is 2.18. The summed E-state index contributed by atoms with van der Waals surface area (Å²) in [6.45, 7) is 8.36. The van der Waals surface area contributed by atoms with Gasteiger partial charge >= 0.3 is 5.69 Å². The molecule has 0 unspecified atom stereocenters. The van der Waals surface area contributed by atoms with Crippen LogP contribution in [0, 0.1) is 0 Å². The van der Waals surface area contributed by atoms with Crippen molar-refractivity contribution >= 4 is 5.91 Å². The van der Waals surface area contributed by atoms with E-state index in [1.165, 1.54) is 16.8 Å². The van der Waals surface area contributed by atoms with Gasteiger partial charge in [-0.25, -0.2) is 4.79 Å². The molecule has 1 rings (SSSR count). The minimum atomic E-state index is -0.487. The van der Waals surface area contributed by atoms with E-state index in [1.807, 2.05) is 0 Å². The minimum absolute atomic E-state index is 0.0825. The Kier molecular flexibility index (Phi) is 8.21. The zero-order chi connectivity index (χ0) is 16.4. The normalized spacial score (nSPS) is 10.9. The molecule has 0 fully saturated rings. The zero-order valence-electron chi connectivity index (χ0n) is 13.4. The van der Waals surface area contributed by atoms with Crippen molar-refractivity contribution in [3.05, 3.63) is 33.1 Å². The molecule has 0 aliphatic carbocycles. The van der Waals surface area contributed by atoms with E-state index in [1.54, 1.807) is 0 Å². The number of nitrogens with zero attached hydrogens (tertiary/aromatic N) is 2. The average Bonchev–Trinajstić information content (AvgIpc) is 2.50. The van der Waals surface area contributed by atoms with Gasteiger partial charge in [-0.05, 0) is 32.5 Å². The molecule has 1 heterocycles. The van der Waals surface area contributed by atoms with E-state index in [0.717, 1.165) is 32.5 Å². The number of H-pyrrole nitrogens is 1. The van der Waals surface area contributed by atoms with Crippen molar-refractivity contribution in [2.75, 3.05) is 26.2 Å². The van der Waals surface area contributed by atoms with Crippen molar-refractivity contribution in [3.63, 3.8) is 0 Å². The first-order valence-electron chi connectivity index (χ1n) is 7.85. The predicted octanol–water partition coefficient (Wildman–Crippen LogP) is 0.165. The lowest BCUT2D eigenvalue weighted by molar-refractivity contribution is -0.121. The number of aryl methyl sites for hydroxylation is 1. The quantitative estimate of drug-likeness (QED) is 0.603. The average molecular weight is 310 g/mol. The van der Waals surface area contributed by atoms with Crippen LogP contribution in [-0.4, -0.2) is 46.5 Å². The summed E-state index contributed by atoms with van der Waals surface area (Å²) in [5.74, 6) is -0.0825. The number of aromatic amines is 1. The summed E-state index contributed by atoms with van der Waals surface area (Å²) in [5, 5.41) is 2.85. The Morgan fingerprint density at radius 2 is 2.00 bits per heavy atom. The summed E-state index contributed by atoms with van der Waals surface area (Å²) in [4.78, 5) is 38.6. The van der Waals surface area contributed by atoms with Gasteiger partial charge in [0.2, 0.25) is 5.91 Å². The smallest absolute Gasteiger partial charge is 0.328 e. The van der Waals surface area contributed by atoms with Gasteiger partial charge in [0.05, 0.1) is 0 Å². The number of carbonyl (C=O) groups excluding carboxylic acids is 1. The molecule has 1 aromatic heterocycles. The molecule has 0 aromatic carbocycles. The molecule has 0 spiro atoms. The molecule has 1 aromatic rings. The Morgan fingerprint density at radius 3 is 2.64 bits per heavy atom. The highest BCUT2D eigenvalue weighted by atomic mass is 16.2. The molecule has 7 nitrogen and oxygen atoms in total. The Labute approximate surface area is 130 Å². The fraction of sp³-hybridized carbons (Fsp3) is 0.667. The number of nitrogens with one attached hydrogen (secondary N) is 2. The standard InChI is InChI=1S/C15H26N4O3/c1-3-18(4-2)10-6-5-9-16-13(20)7-11-19-12-8-14(21)17-15(19)22/h8,12H,3-7,9-11H2,1-2H3,(H,16,20)(H,17,21,22). The van der Waals surface area contributed by atoms with Crippen molar-refractivity contribution in [1.82, 2.24) is 19.8 Å². The van der Waals surface area contributed by atoms with E-state index < -0.39 is 11.2 Å². The fourth-order valence-corrected chi connectivity index (χ4v) is 2.16. The van der Waals surface area contributed by atoms with Gasteiger partial charge < -0.3 is 14.8 Å². The highest BCUT2D eigenvalue weighted by Crippen LogP contribution is 1.94. The van der Waals surface area contributed by atoms with Gasteiger partial charge in [-0.1, -0.05) is 13.8 Å². The molecule has 0 atom stereocenters. The van der Waals surface area contributed by atoms with E-state index in [4.69, 9.17) is 0 Å². The first-order chi connectivity index (χ1) is 10.6. The number of amides is 1. The summed E-state index contributed by atoms with van der Waals surface area (Å²) in [5.41, 5.74) is -0.918. The number of hydrogen-bond acceptors (Lipinski definition) is 4. The summed E-state index contributed by atoms with van der Waals surface area (Å²) in [6.07, 6.45) is 3.63. The van der Waals surface area contributed by atoms with Crippen LogP contribution in [0.4, 0.5) is 0 Å². The third kappa shape index (κ3) is 6.71. The molecule has 0 radical (unpaired) electrons. The molecule has 22 heavy (non-hydrogen) atoms. The van der Waals surface area contributed by atoms with Gasteiger partial charge in [-0.3, -0.25) is 14.6 Å². The number of unbranched alkanes of at least 4 members (excludes halogenated alkanes) is 1. The minimum Gasteiger partial charge on any atom is -0.356 e. The van der Waals surface area contributed by atoms with Gasteiger partial charge in [0.25, 0.3) is 5.56 Å². The SMILES string of the molecule is CCN(CC)CCCCNC(=O)CCn1ccc(=O)[nH]c1=O. The molecule has 0 saturated heterocycles. The summed E-state index contributed by atoms with van der Waals surface area (Å²) in [6, 6.07) is 1.27. The summed E-state index contributed by atoms with van der Waals surface area (Å²) >= 11 is 0. The molecule has 1 amide bonds. The topological polar surface area (TPSA) is 87.2 Å². The Morgan fingerprint density at radius 1 is 1.27 bits per heavy atom.